The highest BCUT2D eigenvalue weighted by Gasteiger charge is 2.24. The lowest BCUT2D eigenvalue weighted by Gasteiger charge is -2.33. The van der Waals surface area contributed by atoms with Gasteiger partial charge in [0.1, 0.15) is 5.84 Å². The van der Waals surface area contributed by atoms with E-state index in [2.05, 4.69) is 36.8 Å². The Balaban J connectivity index is 2.41. The minimum absolute atomic E-state index is 0.160. The number of hydrogen-bond donors (Lipinski definition) is 2. The maximum Gasteiger partial charge on any atom is 0.124 e. The Morgan fingerprint density at radius 2 is 2.15 bits per heavy atom. The maximum absolute atomic E-state index is 7.82. The van der Waals surface area contributed by atoms with E-state index in [4.69, 9.17) is 11.1 Å². The van der Waals surface area contributed by atoms with Crippen molar-refractivity contribution in [3.8, 4) is 0 Å². The molecule has 1 saturated heterocycles. The fraction of sp³-hybridized carbons (Fsp3) is 0.562. The van der Waals surface area contributed by atoms with Crippen molar-refractivity contribution in [2.75, 3.05) is 31.6 Å². The number of nitrogens with two attached hydrogens (primary N) is 1. The summed E-state index contributed by atoms with van der Waals surface area (Å²) in [6.07, 6.45) is 2.26. The molecule has 3 N–H and O–H groups in total. The summed E-state index contributed by atoms with van der Waals surface area (Å²) in [5.41, 5.74) is 8.98. The zero-order chi connectivity index (χ0) is 14.7. The Morgan fingerprint density at radius 3 is 2.80 bits per heavy atom. The molecule has 4 heteroatoms. The number of hydrogen-bond acceptors (Lipinski definition) is 3. The monoisotopic (exact) mass is 274 g/mol. The molecule has 1 unspecified atom stereocenters. The van der Waals surface area contributed by atoms with Crippen molar-refractivity contribution in [3.63, 3.8) is 0 Å². The lowest BCUT2D eigenvalue weighted by atomic mass is 10.0. The Hall–Kier alpha value is -1.55. The summed E-state index contributed by atoms with van der Waals surface area (Å²) < 4.78 is 0. The van der Waals surface area contributed by atoms with Crippen LogP contribution in [-0.4, -0.2) is 43.5 Å². The van der Waals surface area contributed by atoms with E-state index in [9.17, 15) is 0 Å². The Bertz CT molecular complexity index is 483. The topological polar surface area (TPSA) is 56.4 Å². The SMILES string of the molecule is CCC1CN(C)CCCN1c1cc(C)ccc1C(=N)N. The largest absolute Gasteiger partial charge is 0.384 e. The van der Waals surface area contributed by atoms with Crippen molar-refractivity contribution in [2.45, 2.75) is 32.7 Å². The van der Waals surface area contributed by atoms with Crippen LogP contribution in [0.2, 0.25) is 0 Å². The smallest absolute Gasteiger partial charge is 0.124 e. The molecule has 20 heavy (non-hydrogen) atoms. The molecule has 1 fully saturated rings. The third kappa shape index (κ3) is 3.12. The van der Waals surface area contributed by atoms with E-state index >= 15 is 0 Å². The van der Waals surface area contributed by atoms with Crippen LogP contribution in [0.4, 0.5) is 5.69 Å². The molecule has 0 aliphatic carbocycles. The summed E-state index contributed by atoms with van der Waals surface area (Å²) in [4.78, 5) is 4.85. The van der Waals surface area contributed by atoms with Gasteiger partial charge >= 0.3 is 0 Å². The van der Waals surface area contributed by atoms with Gasteiger partial charge in [-0.05, 0) is 51.1 Å². The van der Waals surface area contributed by atoms with E-state index < -0.39 is 0 Å². The normalized spacial score (nSPS) is 20.8. The van der Waals surface area contributed by atoms with Crippen LogP contribution in [0.5, 0.6) is 0 Å². The Labute approximate surface area is 122 Å². The van der Waals surface area contributed by atoms with E-state index in [1.807, 2.05) is 12.1 Å². The summed E-state index contributed by atoms with van der Waals surface area (Å²) in [7, 11) is 2.19. The molecule has 0 amide bonds. The second kappa shape index (κ2) is 6.27. The fourth-order valence-corrected chi connectivity index (χ4v) is 3.02. The van der Waals surface area contributed by atoms with Crippen molar-refractivity contribution in [1.82, 2.24) is 4.90 Å². The maximum atomic E-state index is 7.82. The quantitative estimate of drug-likeness (QED) is 0.656. The number of aryl methyl sites for hydroxylation is 1. The first-order valence-corrected chi connectivity index (χ1v) is 7.43. The molecule has 0 bridgehead atoms. The van der Waals surface area contributed by atoms with Gasteiger partial charge in [-0.25, -0.2) is 0 Å². The van der Waals surface area contributed by atoms with Crippen LogP contribution in [0.25, 0.3) is 0 Å². The van der Waals surface area contributed by atoms with Crippen LogP contribution >= 0.6 is 0 Å². The van der Waals surface area contributed by atoms with E-state index in [1.54, 1.807) is 0 Å². The van der Waals surface area contributed by atoms with Crippen LogP contribution in [0.1, 0.15) is 30.9 Å². The van der Waals surface area contributed by atoms with Crippen LogP contribution in [0, 0.1) is 12.3 Å². The predicted molar refractivity (Wildman–Crippen MR) is 85.7 cm³/mol. The molecule has 1 aliphatic rings. The molecule has 0 aromatic heterocycles. The van der Waals surface area contributed by atoms with Gasteiger partial charge in [0.05, 0.1) is 0 Å². The summed E-state index contributed by atoms with van der Waals surface area (Å²) >= 11 is 0. The minimum atomic E-state index is 0.160. The third-order valence-electron chi connectivity index (χ3n) is 4.13. The molecule has 1 aromatic rings. The molecule has 4 nitrogen and oxygen atoms in total. The molecule has 0 radical (unpaired) electrons. The summed E-state index contributed by atoms with van der Waals surface area (Å²) in [6, 6.07) is 6.67. The van der Waals surface area contributed by atoms with E-state index in [-0.39, 0.29) is 5.84 Å². The lowest BCUT2D eigenvalue weighted by Crippen LogP contribution is -2.40. The number of likely N-dealkylation sites (N-methyl/N-ethyl adjacent to an activating group) is 1. The second-order valence-corrected chi connectivity index (χ2v) is 5.81. The predicted octanol–water partition coefficient (Wildman–Crippen LogP) is 2.20. The Morgan fingerprint density at radius 1 is 1.40 bits per heavy atom. The number of rotatable bonds is 3. The molecular weight excluding hydrogens is 248 g/mol. The first-order valence-electron chi connectivity index (χ1n) is 7.43. The van der Waals surface area contributed by atoms with Crippen molar-refractivity contribution in [1.29, 1.82) is 5.41 Å². The van der Waals surface area contributed by atoms with E-state index in [1.165, 1.54) is 5.56 Å². The molecule has 1 aliphatic heterocycles. The number of nitrogen functional groups attached to an aromatic ring is 1. The van der Waals surface area contributed by atoms with Gasteiger partial charge in [0, 0.05) is 30.4 Å². The summed E-state index contributed by atoms with van der Waals surface area (Å²) in [5, 5.41) is 7.82. The summed E-state index contributed by atoms with van der Waals surface area (Å²) in [6.45, 7) is 7.57. The van der Waals surface area contributed by atoms with Crippen LogP contribution in [0.15, 0.2) is 18.2 Å². The number of anilines is 1. The number of amidine groups is 1. The fourth-order valence-electron chi connectivity index (χ4n) is 3.02. The summed E-state index contributed by atoms with van der Waals surface area (Å²) in [5.74, 6) is 0.160. The highest BCUT2D eigenvalue weighted by atomic mass is 15.2. The van der Waals surface area contributed by atoms with Gasteiger partial charge in [-0.15, -0.1) is 0 Å². The minimum Gasteiger partial charge on any atom is -0.384 e. The third-order valence-corrected chi connectivity index (χ3v) is 4.13. The molecule has 0 spiro atoms. The highest BCUT2D eigenvalue weighted by molar-refractivity contribution is 6.00. The average molecular weight is 274 g/mol. The number of nitrogens with one attached hydrogen (secondary N) is 1. The first kappa shape index (κ1) is 14.9. The van der Waals surface area contributed by atoms with Crippen LogP contribution < -0.4 is 10.6 Å². The first-order chi connectivity index (χ1) is 9.52. The zero-order valence-electron chi connectivity index (χ0n) is 12.8. The molecule has 1 heterocycles. The van der Waals surface area contributed by atoms with E-state index in [0.717, 1.165) is 43.7 Å². The second-order valence-electron chi connectivity index (χ2n) is 5.81. The lowest BCUT2D eigenvalue weighted by molar-refractivity contribution is 0.328. The van der Waals surface area contributed by atoms with Crippen molar-refractivity contribution >= 4 is 11.5 Å². The number of benzene rings is 1. The zero-order valence-corrected chi connectivity index (χ0v) is 12.8. The highest BCUT2D eigenvalue weighted by Crippen LogP contribution is 2.27. The molecule has 110 valence electrons. The van der Waals surface area contributed by atoms with Crippen LogP contribution in [-0.2, 0) is 0 Å². The van der Waals surface area contributed by atoms with Crippen LogP contribution in [0.3, 0.4) is 0 Å². The van der Waals surface area contributed by atoms with Gasteiger partial charge < -0.3 is 15.5 Å². The standard InChI is InChI=1S/C16H26N4/c1-4-13-11-19(3)8-5-9-20(13)15-10-12(2)6-7-14(15)16(17)18/h6-7,10,13H,4-5,8-9,11H2,1-3H3,(H3,17,18). The molecule has 0 saturated carbocycles. The van der Waals surface area contributed by atoms with Gasteiger partial charge in [-0.3, -0.25) is 5.41 Å². The number of nitrogens with zero attached hydrogens (tertiary/aromatic N) is 2. The molecule has 1 atom stereocenters. The average Bonchev–Trinajstić information content (AvgIpc) is 2.59. The van der Waals surface area contributed by atoms with Crippen molar-refractivity contribution in [2.24, 2.45) is 5.73 Å². The van der Waals surface area contributed by atoms with E-state index in [0.29, 0.717) is 6.04 Å². The van der Waals surface area contributed by atoms with Gasteiger partial charge in [0.25, 0.3) is 0 Å². The molecular formula is C16H26N4. The van der Waals surface area contributed by atoms with Gasteiger partial charge in [-0.1, -0.05) is 13.0 Å². The van der Waals surface area contributed by atoms with Gasteiger partial charge in [0.2, 0.25) is 0 Å². The molecule has 2 rings (SSSR count). The van der Waals surface area contributed by atoms with Crippen molar-refractivity contribution < 1.29 is 0 Å². The van der Waals surface area contributed by atoms with Crippen molar-refractivity contribution in [3.05, 3.63) is 29.3 Å². The van der Waals surface area contributed by atoms with Gasteiger partial charge in [-0.2, -0.15) is 0 Å². The molecule has 1 aromatic carbocycles. The Kier molecular flexibility index (Phi) is 4.65. The van der Waals surface area contributed by atoms with Gasteiger partial charge in [0.15, 0.2) is 0 Å².